The van der Waals surface area contributed by atoms with E-state index in [4.69, 9.17) is 0 Å². The van der Waals surface area contributed by atoms with Crippen molar-refractivity contribution in [1.82, 2.24) is 10.6 Å². The Hall–Kier alpha value is -1.76. The summed E-state index contributed by atoms with van der Waals surface area (Å²) in [5, 5.41) is 5.48. The van der Waals surface area contributed by atoms with E-state index in [1.807, 2.05) is 0 Å². The first-order chi connectivity index (χ1) is 9.84. The molecule has 0 aliphatic carbocycles. The van der Waals surface area contributed by atoms with Gasteiger partial charge in [0.25, 0.3) is 0 Å². The van der Waals surface area contributed by atoms with E-state index in [1.165, 1.54) is 11.0 Å². The zero-order valence-electron chi connectivity index (χ0n) is 11.9. The molecule has 1 saturated heterocycles. The third kappa shape index (κ3) is 3.29. The molecule has 0 aromatic heterocycles. The Bertz CT molecular complexity index is 531. The maximum Gasteiger partial charge on any atom is 0.418 e. The summed E-state index contributed by atoms with van der Waals surface area (Å²) >= 11 is 0. The molecule has 1 aromatic carbocycles. The highest BCUT2D eigenvalue weighted by molar-refractivity contribution is 5.86. The second-order valence-electron chi connectivity index (χ2n) is 5.04. The van der Waals surface area contributed by atoms with Crippen molar-refractivity contribution in [3.63, 3.8) is 0 Å². The number of carbonyl (C=O) groups excluding carboxylic acids is 1. The highest BCUT2D eigenvalue weighted by Gasteiger charge is 2.37. The molecule has 2 N–H and O–H groups in total. The van der Waals surface area contributed by atoms with Gasteiger partial charge in [0.15, 0.2) is 0 Å². The Labute approximate surface area is 121 Å². The standard InChI is InChI=1S/C14H18F3N3O/c1-9-13(21)19-5-6-20(9)12-4-3-10(8-18-2)7-11(12)14(15,16)17/h3-4,7,9,18H,5-6,8H2,1-2H3,(H,19,21). The van der Waals surface area contributed by atoms with E-state index in [1.54, 1.807) is 20.0 Å². The van der Waals surface area contributed by atoms with Crippen LogP contribution < -0.4 is 15.5 Å². The molecular weight excluding hydrogens is 283 g/mol. The van der Waals surface area contributed by atoms with E-state index >= 15 is 0 Å². The number of amides is 1. The number of piperazine rings is 1. The van der Waals surface area contributed by atoms with Gasteiger partial charge in [-0.2, -0.15) is 13.2 Å². The van der Waals surface area contributed by atoms with Crippen LogP contribution in [0.2, 0.25) is 0 Å². The Balaban J connectivity index is 2.44. The molecular formula is C14H18F3N3O. The lowest BCUT2D eigenvalue weighted by atomic mass is 10.0. The molecule has 2 rings (SSSR count). The van der Waals surface area contributed by atoms with Crippen LogP contribution in [0, 0.1) is 0 Å². The van der Waals surface area contributed by atoms with Gasteiger partial charge in [0.2, 0.25) is 5.91 Å². The zero-order chi connectivity index (χ0) is 15.6. The van der Waals surface area contributed by atoms with Gasteiger partial charge in [-0.25, -0.2) is 0 Å². The van der Waals surface area contributed by atoms with Crippen LogP contribution in [0.25, 0.3) is 0 Å². The number of benzene rings is 1. The molecule has 1 aliphatic heterocycles. The van der Waals surface area contributed by atoms with Gasteiger partial charge < -0.3 is 15.5 Å². The largest absolute Gasteiger partial charge is 0.418 e. The number of hydrogen-bond acceptors (Lipinski definition) is 3. The molecule has 116 valence electrons. The average molecular weight is 301 g/mol. The van der Waals surface area contributed by atoms with Crippen LogP contribution in [0.5, 0.6) is 0 Å². The van der Waals surface area contributed by atoms with Crippen LogP contribution in [0.3, 0.4) is 0 Å². The van der Waals surface area contributed by atoms with E-state index in [2.05, 4.69) is 10.6 Å². The van der Waals surface area contributed by atoms with Crippen molar-refractivity contribution in [2.45, 2.75) is 25.7 Å². The molecule has 0 bridgehead atoms. The molecule has 0 saturated carbocycles. The molecule has 1 amide bonds. The van der Waals surface area contributed by atoms with Crippen LogP contribution in [0.15, 0.2) is 18.2 Å². The number of nitrogens with one attached hydrogen (secondary N) is 2. The molecule has 1 atom stereocenters. The predicted octanol–water partition coefficient (Wildman–Crippen LogP) is 1.75. The molecule has 1 aliphatic rings. The minimum Gasteiger partial charge on any atom is -0.358 e. The van der Waals surface area contributed by atoms with E-state index in [0.717, 1.165) is 6.07 Å². The summed E-state index contributed by atoms with van der Waals surface area (Å²) in [5.74, 6) is -0.256. The fourth-order valence-electron chi connectivity index (χ4n) is 2.49. The molecule has 7 heteroatoms. The minimum atomic E-state index is -4.45. The zero-order valence-corrected chi connectivity index (χ0v) is 11.9. The topological polar surface area (TPSA) is 44.4 Å². The van der Waals surface area contributed by atoms with Crippen LogP contribution in [-0.2, 0) is 17.5 Å². The minimum absolute atomic E-state index is 0.0599. The van der Waals surface area contributed by atoms with Gasteiger partial charge in [-0.3, -0.25) is 4.79 Å². The SMILES string of the molecule is CNCc1ccc(N2CCNC(=O)C2C)c(C(F)(F)F)c1. The highest BCUT2D eigenvalue weighted by atomic mass is 19.4. The molecule has 1 heterocycles. The number of nitrogens with zero attached hydrogens (tertiary/aromatic N) is 1. The average Bonchev–Trinajstić information content (AvgIpc) is 2.41. The Morgan fingerprint density at radius 1 is 1.43 bits per heavy atom. The number of hydrogen-bond donors (Lipinski definition) is 2. The van der Waals surface area contributed by atoms with Crippen molar-refractivity contribution >= 4 is 11.6 Å². The third-order valence-corrected chi connectivity index (χ3v) is 3.56. The molecule has 1 unspecified atom stereocenters. The van der Waals surface area contributed by atoms with Crippen molar-refractivity contribution in [3.05, 3.63) is 29.3 Å². The summed E-state index contributed by atoms with van der Waals surface area (Å²) in [6, 6.07) is 3.63. The molecule has 4 nitrogen and oxygen atoms in total. The van der Waals surface area contributed by atoms with Crippen molar-refractivity contribution in [2.75, 3.05) is 25.0 Å². The van der Waals surface area contributed by atoms with Crippen molar-refractivity contribution in [3.8, 4) is 0 Å². The van der Waals surface area contributed by atoms with Gasteiger partial charge >= 0.3 is 6.18 Å². The summed E-state index contributed by atoms with van der Waals surface area (Å²) < 4.78 is 39.9. The summed E-state index contributed by atoms with van der Waals surface area (Å²) in [6.07, 6.45) is -4.45. The molecule has 1 aromatic rings. The Morgan fingerprint density at radius 3 is 2.76 bits per heavy atom. The van der Waals surface area contributed by atoms with Gasteiger partial charge in [-0.15, -0.1) is 0 Å². The highest BCUT2D eigenvalue weighted by Crippen LogP contribution is 2.38. The van der Waals surface area contributed by atoms with Gasteiger partial charge in [-0.1, -0.05) is 6.07 Å². The van der Waals surface area contributed by atoms with Crippen LogP contribution in [0.1, 0.15) is 18.1 Å². The monoisotopic (exact) mass is 301 g/mol. The summed E-state index contributed by atoms with van der Waals surface area (Å²) in [7, 11) is 1.68. The van der Waals surface area contributed by atoms with Crippen LogP contribution in [-0.4, -0.2) is 32.1 Å². The van der Waals surface area contributed by atoms with Crippen molar-refractivity contribution in [1.29, 1.82) is 0 Å². The van der Waals surface area contributed by atoms with E-state index < -0.39 is 17.8 Å². The number of rotatable bonds is 3. The van der Waals surface area contributed by atoms with Crippen molar-refractivity contribution < 1.29 is 18.0 Å². The molecule has 21 heavy (non-hydrogen) atoms. The van der Waals surface area contributed by atoms with Crippen LogP contribution >= 0.6 is 0 Å². The maximum atomic E-state index is 13.3. The smallest absolute Gasteiger partial charge is 0.358 e. The summed E-state index contributed by atoms with van der Waals surface area (Å²) in [6.45, 7) is 2.68. The predicted molar refractivity (Wildman–Crippen MR) is 74.0 cm³/mol. The second kappa shape index (κ2) is 5.93. The Morgan fingerprint density at radius 2 is 2.14 bits per heavy atom. The quantitative estimate of drug-likeness (QED) is 0.894. The van der Waals surface area contributed by atoms with Gasteiger partial charge in [-0.05, 0) is 31.7 Å². The molecule has 0 radical (unpaired) electrons. The summed E-state index contributed by atoms with van der Waals surface area (Å²) in [4.78, 5) is 13.2. The lowest BCUT2D eigenvalue weighted by Gasteiger charge is -2.36. The first-order valence-corrected chi connectivity index (χ1v) is 6.73. The first kappa shape index (κ1) is 15.6. The summed E-state index contributed by atoms with van der Waals surface area (Å²) in [5.41, 5.74) is -0.0795. The number of carbonyl (C=O) groups is 1. The molecule has 0 spiro atoms. The number of halogens is 3. The molecule has 1 fully saturated rings. The van der Waals surface area contributed by atoms with Crippen molar-refractivity contribution in [2.24, 2.45) is 0 Å². The lowest BCUT2D eigenvalue weighted by molar-refractivity contribution is -0.137. The lowest BCUT2D eigenvalue weighted by Crippen LogP contribution is -2.54. The Kier molecular flexibility index (Phi) is 4.41. The number of anilines is 1. The van der Waals surface area contributed by atoms with Crippen LogP contribution in [0.4, 0.5) is 18.9 Å². The normalized spacial score (nSPS) is 19.6. The fourth-order valence-corrected chi connectivity index (χ4v) is 2.49. The van der Waals surface area contributed by atoms with E-state index in [0.29, 0.717) is 25.2 Å². The first-order valence-electron chi connectivity index (χ1n) is 6.73. The third-order valence-electron chi connectivity index (χ3n) is 3.56. The fraction of sp³-hybridized carbons (Fsp3) is 0.500. The van der Waals surface area contributed by atoms with Gasteiger partial charge in [0.05, 0.1) is 5.56 Å². The van der Waals surface area contributed by atoms with Gasteiger partial charge in [0.1, 0.15) is 6.04 Å². The second-order valence-corrected chi connectivity index (χ2v) is 5.04. The maximum absolute atomic E-state index is 13.3. The number of alkyl halides is 3. The van der Waals surface area contributed by atoms with E-state index in [9.17, 15) is 18.0 Å². The van der Waals surface area contributed by atoms with E-state index in [-0.39, 0.29) is 11.6 Å². The van der Waals surface area contributed by atoms with Gasteiger partial charge in [0, 0.05) is 25.3 Å².